The summed E-state index contributed by atoms with van der Waals surface area (Å²) < 4.78 is 51.0. The fourth-order valence-electron chi connectivity index (χ4n) is 4.25. The Hall–Kier alpha value is -3.91. The molecular weight excluding hydrogens is 490 g/mol. The Labute approximate surface area is 206 Å². The van der Waals surface area contributed by atoms with Gasteiger partial charge in [-0.2, -0.15) is 5.26 Å². The van der Waals surface area contributed by atoms with Gasteiger partial charge in [0.25, 0.3) is 11.8 Å². The van der Waals surface area contributed by atoms with E-state index in [9.17, 15) is 26.8 Å². The molecule has 2 heterocycles. The van der Waals surface area contributed by atoms with Crippen molar-refractivity contribution in [2.75, 3.05) is 19.3 Å². The number of nitrogens with one attached hydrogen (secondary N) is 1. The van der Waals surface area contributed by atoms with Crippen LogP contribution < -0.4 is 5.32 Å². The third kappa shape index (κ3) is 5.04. The number of alkyl halides is 2. The molecule has 3 aromatic rings. The molecule has 0 unspecified atom stereocenters. The molecular formula is C25H22F2N4O4S. The quantitative estimate of drug-likeness (QED) is 0.561. The summed E-state index contributed by atoms with van der Waals surface area (Å²) in [5.41, 5.74) is 2.98. The lowest BCUT2D eigenvalue weighted by atomic mass is 9.97. The van der Waals surface area contributed by atoms with Crippen LogP contribution in [0.25, 0.3) is 22.0 Å². The molecule has 0 bridgehead atoms. The van der Waals surface area contributed by atoms with Crippen molar-refractivity contribution < 1.29 is 26.8 Å². The maximum absolute atomic E-state index is 13.6. The van der Waals surface area contributed by atoms with Gasteiger partial charge in [0.1, 0.15) is 6.04 Å². The van der Waals surface area contributed by atoms with Crippen molar-refractivity contribution in [2.24, 2.45) is 0 Å². The molecule has 11 heteroatoms. The molecule has 8 nitrogen and oxygen atoms in total. The summed E-state index contributed by atoms with van der Waals surface area (Å²) in [5.74, 6) is -4.51. The van der Waals surface area contributed by atoms with Gasteiger partial charge in [-0.05, 0) is 53.9 Å². The van der Waals surface area contributed by atoms with Crippen LogP contribution in [0.15, 0.2) is 53.6 Å². The smallest absolute Gasteiger partial charge is 0.268 e. The zero-order valence-electron chi connectivity index (χ0n) is 19.5. The van der Waals surface area contributed by atoms with Gasteiger partial charge in [0.2, 0.25) is 5.91 Å². The third-order valence-corrected chi connectivity index (χ3v) is 7.17. The molecule has 0 spiro atoms. The average molecular weight is 513 g/mol. The van der Waals surface area contributed by atoms with E-state index in [0.29, 0.717) is 10.9 Å². The maximum atomic E-state index is 13.6. The van der Waals surface area contributed by atoms with Crippen molar-refractivity contribution in [3.63, 3.8) is 0 Å². The van der Waals surface area contributed by atoms with Crippen molar-refractivity contribution in [1.29, 1.82) is 5.26 Å². The summed E-state index contributed by atoms with van der Waals surface area (Å²) in [6.07, 6.45) is 1.84. The van der Waals surface area contributed by atoms with Gasteiger partial charge in [-0.25, -0.2) is 17.2 Å². The number of sulfone groups is 1. The van der Waals surface area contributed by atoms with Crippen molar-refractivity contribution in [3.8, 4) is 17.2 Å². The van der Waals surface area contributed by atoms with Crippen LogP contribution in [0.2, 0.25) is 0 Å². The molecule has 1 fully saturated rings. The number of hydrogen-bond donors (Lipinski definition) is 1. The Morgan fingerprint density at radius 3 is 2.64 bits per heavy atom. The number of amides is 2. The minimum Gasteiger partial charge on any atom is -0.343 e. The Morgan fingerprint density at radius 2 is 1.97 bits per heavy atom. The number of carbonyl (C=O) groups is 2. The molecule has 1 saturated heterocycles. The normalized spacial score (nSPS) is 17.1. The first-order valence-electron chi connectivity index (χ1n) is 10.9. The molecule has 36 heavy (non-hydrogen) atoms. The van der Waals surface area contributed by atoms with Crippen molar-refractivity contribution in [1.82, 2.24) is 15.2 Å². The van der Waals surface area contributed by atoms with E-state index in [-0.39, 0.29) is 10.5 Å². The fraction of sp³-hybridized carbons (Fsp3) is 0.280. The van der Waals surface area contributed by atoms with Crippen molar-refractivity contribution in [2.45, 2.75) is 30.2 Å². The number of likely N-dealkylation sites (tertiary alicyclic amines) is 1. The van der Waals surface area contributed by atoms with Crippen LogP contribution in [0, 0.1) is 18.3 Å². The molecule has 1 aliphatic rings. The highest BCUT2D eigenvalue weighted by Gasteiger charge is 2.47. The van der Waals surface area contributed by atoms with E-state index >= 15 is 0 Å². The first-order chi connectivity index (χ1) is 16.9. The second-order valence-corrected chi connectivity index (χ2v) is 10.8. The van der Waals surface area contributed by atoms with Crippen LogP contribution in [-0.4, -0.2) is 61.4 Å². The largest absolute Gasteiger partial charge is 0.343 e. The first-order valence-corrected chi connectivity index (χ1v) is 12.8. The van der Waals surface area contributed by atoms with Gasteiger partial charge in [0.15, 0.2) is 9.84 Å². The number of aryl methyl sites for hydroxylation is 1. The van der Waals surface area contributed by atoms with E-state index < -0.39 is 53.1 Å². The lowest BCUT2D eigenvalue weighted by Crippen LogP contribution is -2.43. The molecule has 2 amide bonds. The summed E-state index contributed by atoms with van der Waals surface area (Å²) in [6, 6.07) is 12.0. The lowest BCUT2D eigenvalue weighted by Gasteiger charge is -2.19. The Kier molecular flexibility index (Phi) is 6.49. The predicted molar refractivity (Wildman–Crippen MR) is 128 cm³/mol. The average Bonchev–Trinajstić information content (AvgIpc) is 3.15. The van der Waals surface area contributed by atoms with E-state index in [1.165, 1.54) is 18.3 Å². The number of benzene rings is 2. The van der Waals surface area contributed by atoms with E-state index in [2.05, 4.69) is 10.3 Å². The van der Waals surface area contributed by atoms with Gasteiger partial charge < -0.3 is 10.2 Å². The highest BCUT2D eigenvalue weighted by molar-refractivity contribution is 7.90. The molecule has 0 radical (unpaired) electrons. The Bertz CT molecular complexity index is 1530. The van der Waals surface area contributed by atoms with Crippen LogP contribution >= 0.6 is 0 Å². The fourth-order valence-corrected chi connectivity index (χ4v) is 4.96. The van der Waals surface area contributed by atoms with Gasteiger partial charge in [-0.1, -0.05) is 12.1 Å². The number of carbonyl (C=O) groups excluding carboxylic acids is 2. The first kappa shape index (κ1) is 25.2. The number of halogens is 2. The summed E-state index contributed by atoms with van der Waals surface area (Å²) >= 11 is 0. The molecule has 1 N–H and O–H groups in total. The van der Waals surface area contributed by atoms with Crippen molar-refractivity contribution in [3.05, 3.63) is 59.8 Å². The molecule has 2 aromatic carbocycles. The topological polar surface area (TPSA) is 120 Å². The van der Waals surface area contributed by atoms with Crippen molar-refractivity contribution >= 4 is 32.6 Å². The maximum Gasteiger partial charge on any atom is 0.268 e. The summed E-state index contributed by atoms with van der Waals surface area (Å²) in [4.78, 5) is 30.6. The monoisotopic (exact) mass is 512 g/mol. The molecule has 0 saturated carbocycles. The van der Waals surface area contributed by atoms with E-state index in [1.807, 2.05) is 0 Å². The molecule has 1 aromatic heterocycles. The summed E-state index contributed by atoms with van der Waals surface area (Å²) in [6.45, 7) is 0.384. The highest BCUT2D eigenvalue weighted by Crippen LogP contribution is 2.32. The number of pyridine rings is 1. The second-order valence-electron chi connectivity index (χ2n) is 8.75. The molecule has 186 valence electrons. The van der Waals surface area contributed by atoms with Crippen LogP contribution in [0.5, 0.6) is 0 Å². The number of nitrogens with zero attached hydrogens (tertiary/aromatic N) is 3. The number of fused-ring (bicyclic) bond motifs is 1. The zero-order chi connectivity index (χ0) is 26.3. The Morgan fingerprint density at radius 1 is 1.22 bits per heavy atom. The summed E-state index contributed by atoms with van der Waals surface area (Å²) in [7, 11) is -3.36. The van der Waals surface area contributed by atoms with Gasteiger partial charge in [0, 0.05) is 24.3 Å². The van der Waals surface area contributed by atoms with Crippen LogP contribution in [0.1, 0.15) is 22.3 Å². The van der Waals surface area contributed by atoms with Gasteiger partial charge in [-0.3, -0.25) is 14.6 Å². The van der Waals surface area contributed by atoms with Crippen LogP contribution in [0.3, 0.4) is 0 Å². The summed E-state index contributed by atoms with van der Waals surface area (Å²) in [5, 5.41) is 12.0. The molecule has 1 atom stereocenters. The van der Waals surface area contributed by atoms with Gasteiger partial charge in [0.05, 0.1) is 35.1 Å². The minimum absolute atomic E-state index is 0.199. The minimum atomic E-state index is -3.36. The number of nitriles is 1. The number of aromatic nitrogens is 1. The SMILES string of the molecule is Cc1cc(S(C)(=O)=O)ccc1-c1ccc2nccc(C(=O)NCC(=O)N3CC(F)(F)C[C@H]3C#N)c2c1. The number of rotatable bonds is 5. The Balaban J connectivity index is 1.59. The molecule has 0 aliphatic carbocycles. The van der Waals surface area contributed by atoms with E-state index in [4.69, 9.17) is 5.26 Å². The van der Waals surface area contributed by atoms with Crippen LogP contribution in [0.4, 0.5) is 8.78 Å². The predicted octanol–water partition coefficient (Wildman–Crippen LogP) is 3.10. The standard InChI is InChI=1S/C25H22F2N4O4S/c1-15-9-18(36(2,34)35)4-5-19(15)16-3-6-22-21(10-16)20(7-8-29-22)24(33)30-13-23(32)31-14-25(26,27)11-17(31)12-28/h3-10,17H,11,13-14H2,1-2H3,(H,30,33)/t17-/m0/s1. The number of hydrogen-bond acceptors (Lipinski definition) is 6. The lowest BCUT2D eigenvalue weighted by molar-refractivity contribution is -0.131. The van der Waals surface area contributed by atoms with E-state index in [1.54, 1.807) is 43.3 Å². The zero-order valence-corrected chi connectivity index (χ0v) is 20.3. The van der Waals surface area contributed by atoms with Crippen LogP contribution in [-0.2, 0) is 14.6 Å². The second kappa shape index (κ2) is 9.28. The molecule has 1 aliphatic heterocycles. The molecule has 4 rings (SSSR count). The third-order valence-electron chi connectivity index (χ3n) is 6.06. The van der Waals surface area contributed by atoms with Gasteiger partial charge >= 0.3 is 0 Å². The van der Waals surface area contributed by atoms with Gasteiger partial charge in [-0.15, -0.1) is 0 Å². The van der Waals surface area contributed by atoms with E-state index in [0.717, 1.165) is 27.8 Å². The highest BCUT2D eigenvalue weighted by atomic mass is 32.2.